The van der Waals surface area contributed by atoms with Crippen LogP contribution >= 0.6 is 0 Å². The molecule has 0 spiro atoms. The monoisotopic (exact) mass is 593 g/mol. The molecular weight excluding hydrogens is 530 g/mol. The van der Waals surface area contributed by atoms with Gasteiger partial charge in [0.05, 0.1) is 0 Å². The van der Waals surface area contributed by atoms with Crippen molar-refractivity contribution in [3.8, 4) is 11.5 Å². The molecule has 0 unspecified atom stereocenters. The van der Waals surface area contributed by atoms with E-state index in [4.69, 9.17) is 13.9 Å². The minimum atomic E-state index is 0.358. The van der Waals surface area contributed by atoms with E-state index >= 15 is 0 Å². The maximum absolute atomic E-state index is 5.34. The number of furan rings is 1. The van der Waals surface area contributed by atoms with Gasteiger partial charge >= 0.3 is 0 Å². The Balaban J connectivity index is 0.000000529. The van der Waals surface area contributed by atoms with Gasteiger partial charge in [-0.2, -0.15) is 0 Å². The van der Waals surface area contributed by atoms with Gasteiger partial charge in [-0.1, -0.05) is 125 Å². The summed E-state index contributed by atoms with van der Waals surface area (Å²) in [4.78, 5) is 0. The molecule has 0 fully saturated rings. The molecule has 2 heterocycles. The molecule has 4 rings (SSSR count). The van der Waals surface area contributed by atoms with E-state index in [-0.39, 0.29) is 0 Å². The summed E-state index contributed by atoms with van der Waals surface area (Å²) in [6.07, 6.45) is 1.92. The Morgan fingerprint density at radius 2 is 1.12 bits per heavy atom. The zero-order valence-corrected chi connectivity index (χ0v) is 29.9. The van der Waals surface area contributed by atoms with E-state index in [2.05, 4.69) is 132 Å². The molecule has 43 heavy (non-hydrogen) atoms. The highest BCUT2D eigenvalue weighted by atomic mass is 16.7. The zero-order chi connectivity index (χ0) is 33.1. The average Bonchev–Trinajstić information content (AvgIpc) is 3.58. The quantitative estimate of drug-likeness (QED) is 0.289. The molecule has 0 radical (unpaired) electrons. The van der Waals surface area contributed by atoms with Crippen molar-refractivity contribution in [3.63, 3.8) is 0 Å². The molecule has 1 N–H and O–H groups in total. The molecule has 242 valence electrons. The van der Waals surface area contributed by atoms with Crippen molar-refractivity contribution in [2.45, 2.75) is 127 Å². The van der Waals surface area contributed by atoms with Gasteiger partial charge < -0.3 is 19.2 Å². The average molecular weight is 594 g/mol. The molecule has 0 amide bonds. The van der Waals surface area contributed by atoms with Gasteiger partial charge in [0.25, 0.3) is 0 Å². The van der Waals surface area contributed by atoms with Gasteiger partial charge in [-0.05, 0) is 67.0 Å². The standard InChI is InChI=1S/C10H12O2.C10H14.C8H12O.C6H15N.C5H10/c1-7(2)8-3-4-9-10(5-8)12-6-11-9;1-8(2)10-6-4-9(3)5-7-10;1-6(2)8-5-4-7(3)9-8;1-5(2)7-6(3)4;1-4-5(2)3/h3-5,7H,6H2,1-2H3;4-8H,1-3H3;4-6H,1-3H3;5-7H,1-4H3;4-5H,1H2,2-3H3. The predicted octanol–water partition coefficient (Wildman–Crippen LogP) is 11.6. The van der Waals surface area contributed by atoms with E-state index in [0.717, 1.165) is 23.0 Å². The molecule has 0 saturated heterocycles. The van der Waals surface area contributed by atoms with Gasteiger partial charge in [0.2, 0.25) is 6.79 Å². The Morgan fingerprint density at radius 3 is 1.47 bits per heavy atom. The van der Waals surface area contributed by atoms with E-state index in [1.165, 1.54) is 16.7 Å². The number of ether oxygens (including phenoxy) is 2. The second-order valence-corrected chi connectivity index (χ2v) is 12.9. The predicted molar refractivity (Wildman–Crippen MR) is 188 cm³/mol. The van der Waals surface area contributed by atoms with Crippen LogP contribution in [0.3, 0.4) is 0 Å². The Kier molecular flexibility index (Phi) is 20.2. The van der Waals surface area contributed by atoms with Crippen molar-refractivity contribution >= 4 is 0 Å². The van der Waals surface area contributed by atoms with Crippen LogP contribution in [0.1, 0.15) is 129 Å². The SMILES string of the molecule is C=CC(C)C.CC(C)NC(C)C.CC(C)c1ccc2c(c1)OCO2.Cc1ccc(C(C)C)cc1.Cc1ccc(C(C)C)o1. The summed E-state index contributed by atoms with van der Waals surface area (Å²) in [5.41, 5.74) is 4.05. The molecule has 0 aliphatic carbocycles. The van der Waals surface area contributed by atoms with Crippen LogP contribution in [0.25, 0.3) is 0 Å². The van der Waals surface area contributed by atoms with E-state index in [0.29, 0.717) is 42.5 Å². The first-order valence-electron chi connectivity index (χ1n) is 16.0. The van der Waals surface area contributed by atoms with E-state index in [9.17, 15) is 0 Å². The Labute approximate surface area is 265 Å². The molecule has 4 nitrogen and oxygen atoms in total. The van der Waals surface area contributed by atoms with Crippen LogP contribution in [0.15, 0.2) is 71.7 Å². The third-order valence-corrected chi connectivity index (χ3v) is 6.28. The molecule has 1 aromatic heterocycles. The molecule has 1 aliphatic heterocycles. The van der Waals surface area contributed by atoms with Crippen molar-refractivity contribution in [1.29, 1.82) is 0 Å². The second-order valence-electron chi connectivity index (χ2n) is 12.9. The molecule has 3 aromatic rings. The molecule has 1 aliphatic rings. The summed E-state index contributed by atoms with van der Waals surface area (Å²) >= 11 is 0. The summed E-state index contributed by atoms with van der Waals surface area (Å²) in [6.45, 7) is 33.8. The van der Waals surface area contributed by atoms with Gasteiger partial charge in [-0.25, -0.2) is 0 Å². The van der Waals surface area contributed by atoms with Crippen LogP contribution in [0.5, 0.6) is 11.5 Å². The Morgan fingerprint density at radius 1 is 0.628 bits per heavy atom. The van der Waals surface area contributed by atoms with Crippen LogP contribution < -0.4 is 14.8 Å². The van der Waals surface area contributed by atoms with Crippen molar-refractivity contribution < 1.29 is 13.9 Å². The fourth-order valence-electron chi connectivity index (χ4n) is 3.65. The topological polar surface area (TPSA) is 43.6 Å². The van der Waals surface area contributed by atoms with Gasteiger partial charge in [0, 0.05) is 18.0 Å². The first-order chi connectivity index (χ1) is 20.1. The van der Waals surface area contributed by atoms with Crippen LogP contribution in [0, 0.1) is 19.8 Å². The fourth-order valence-corrected chi connectivity index (χ4v) is 3.65. The lowest BCUT2D eigenvalue weighted by atomic mass is 10.0. The number of hydrogen-bond donors (Lipinski definition) is 1. The van der Waals surface area contributed by atoms with Crippen molar-refractivity contribution in [2.24, 2.45) is 5.92 Å². The number of fused-ring (bicyclic) bond motifs is 1. The minimum Gasteiger partial charge on any atom is -0.466 e. The van der Waals surface area contributed by atoms with Gasteiger partial charge in [-0.15, -0.1) is 6.58 Å². The highest BCUT2D eigenvalue weighted by Crippen LogP contribution is 2.34. The lowest BCUT2D eigenvalue weighted by Crippen LogP contribution is -2.29. The van der Waals surface area contributed by atoms with Crippen LogP contribution in [-0.4, -0.2) is 18.9 Å². The van der Waals surface area contributed by atoms with E-state index in [1.54, 1.807) is 0 Å². The van der Waals surface area contributed by atoms with Crippen molar-refractivity contribution in [1.82, 2.24) is 5.32 Å². The molecule has 0 saturated carbocycles. The maximum Gasteiger partial charge on any atom is 0.231 e. The van der Waals surface area contributed by atoms with Crippen molar-refractivity contribution in [3.05, 3.63) is 95.5 Å². The summed E-state index contributed by atoms with van der Waals surface area (Å²) in [6, 6.07) is 20.1. The summed E-state index contributed by atoms with van der Waals surface area (Å²) in [7, 11) is 0. The first kappa shape index (κ1) is 40.0. The highest BCUT2D eigenvalue weighted by molar-refractivity contribution is 5.45. The Hall–Kier alpha value is -2.98. The fraction of sp³-hybridized carbons (Fsp3) is 0.538. The van der Waals surface area contributed by atoms with Crippen molar-refractivity contribution in [2.75, 3.05) is 6.79 Å². The minimum absolute atomic E-state index is 0.358. The van der Waals surface area contributed by atoms with E-state index < -0.39 is 0 Å². The number of hydrogen-bond acceptors (Lipinski definition) is 4. The number of aryl methyl sites for hydroxylation is 2. The lowest BCUT2D eigenvalue weighted by molar-refractivity contribution is 0.174. The Bertz CT molecular complexity index is 1120. The first-order valence-corrected chi connectivity index (χ1v) is 16.0. The maximum atomic E-state index is 5.34. The van der Waals surface area contributed by atoms with Crippen LogP contribution in [0.4, 0.5) is 0 Å². The second kappa shape index (κ2) is 21.7. The zero-order valence-electron chi connectivity index (χ0n) is 29.9. The van der Waals surface area contributed by atoms with Gasteiger partial charge in [0.1, 0.15) is 11.5 Å². The molecule has 2 aromatic carbocycles. The third kappa shape index (κ3) is 19.0. The molecule has 0 atom stereocenters. The number of rotatable bonds is 6. The summed E-state index contributed by atoms with van der Waals surface area (Å²) in [5, 5.41) is 3.31. The third-order valence-electron chi connectivity index (χ3n) is 6.28. The lowest BCUT2D eigenvalue weighted by Gasteiger charge is -2.10. The summed E-state index contributed by atoms with van der Waals surface area (Å²) in [5.74, 6) is 6.17. The molecule has 4 heteroatoms. The molecule has 0 bridgehead atoms. The van der Waals surface area contributed by atoms with Gasteiger partial charge in [0.15, 0.2) is 11.5 Å². The van der Waals surface area contributed by atoms with Crippen LogP contribution in [-0.2, 0) is 0 Å². The van der Waals surface area contributed by atoms with E-state index in [1.807, 2.05) is 37.3 Å². The number of nitrogens with one attached hydrogen (secondary N) is 1. The summed E-state index contributed by atoms with van der Waals surface area (Å²) < 4.78 is 15.8. The molecular formula is C39H63NO3. The van der Waals surface area contributed by atoms with Gasteiger partial charge in [-0.3, -0.25) is 0 Å². The number of allylic oxidation sites excluding steroid dienone is 1. The highest BCUT2D eigenvalue weighted by Gasteiger charge is 2.13. The normalized spacial score (nSPS) is 11.3. The number of benzene rings is 2. The largest absolute Gasteiger partial charge is 0.466 e. The smallest absolute Gasteiger partial charge is 0.231 e. The van der Waals surface area contributed by atoms with Crippen LogP contribution in [0.2, 0.25) is 0 Å².